The van der Waals surface area contributed by atoms with Gasteiger partial charge in [-0.05, 0) is 70.4 Å². The Kier molecular flexibility index (Phi) is 3.72. The highest BCUT2D eigenvalue weighted by Crippen LogP contribution is 2.36. The van der Waals surface area contributed by atoms with Crippen molar-refractivity contribution in [2.24, 2.45) is 11.8 Å². The molecule has 0 amide bonds. The van der Waals surface area contributed by atoms with Gasteiger partial charge in [0.05, 0.1) is 0 Å². The SMILES string of the molecule is CNC1CCCC1CCN(CC1CC1)C1CC1. The standard InChI is InChI=1S/C15H28N2/c1-16-15-4-2-3-13(15)9-10-17(14-7-8-14)11-12-5-6-12/h12-16H,2-11H2,1H3. The molecule has 0 heterocycles. The van der Waals surface area contributed by atoms with Gasteiger partial charge in [-0.15, -0.1) is 0 Å². The maximum Gasteiger partial charge on any atom is 0.00965 e. The zero-order valence-corrected chi connectivity index (χ0v) is 11.3. The number of hydrogen-bond acceptors (Lipinski definition) is 2. The van der Waals surface area contributed by atoms with E-state index in [9.17, 15) is 0 Å². The van der Waals surface area contributed by atoms with Crippen molar-refractivity contribution >= 4 is 0 Å². The van der Waals surface area contributed by atoms with Crippen molar-refractivity contribution in [1.29, 1.82) is 0 Å². The van der Waals surface area contributed by atoms with Crippen LogP contribution in [0.4, 0.5) is 0 Å². The minimum absolute atomic E-state index is 0.817. The van der Waals surface area contributed by atoms with Gasteiger partial charge in [0.2, 0.25) is 0 Å². The van der Waals surface area contributed by atoms with E-state index in [0.29, 0.717) is 0 Å². The molecule has 2 atom stereocenters. The molecule has 17 heavy (non-hydrogen) atoms. The lowest BCUT2D eigenvalue weighted by molar-refractivity contribution is 0.225. The second-order valence-corrected chi connectivity index (χ2v) is 6.54. The highest BCUT2D eigenvalue weighted by atomic mass is 15.2. The van der Waals surface area contributed by atoms with Crippen molar-refractivity contribution in [2.75, 3.05) is 20.1 Å². The number of rotatable bonds is 7. The second-order valence-electron chi connectivity index (χ2n) is 6.54. The van der Waals surface area contributed by atoms with Crippen LogP contribution in [0.15, 0.2) is 0 Å². The summed E-state index contributed by atoms with van der Waals surface area (Å²) < 4.78 is 0. The molecule has 98 valence electrons. The lowest BCUT2D eigenvalue weighted by Crippen LogP contribution is -2.34. The van der Waals surface area contributed by atoms with Gasteiger partial charge in [0.15, 0.2) is 0 Å². The van der Waals surface area contributed by atoms with E-state index in [2.05, 4.69) is 17.3 Å². The molecule has 3 rings (SSSR count). The van der Waals surface area contributed by atoms with Gasteiger partial charge in [-0.3, -0.25) is 0 Å². The van der Waals surface area contributed by atoms with Crippen LogP contribution in [-0.2, 0) is 0 Å². The maximum atomic E-state index is 3.52. The van der Waals surface area contributed by atoms with Gasteiger partial charge in [0.25, 0.3) is 0 Å². The molecule has 3 aliphatic rings. The summed E-state index contributed by atoms with van der Waals surface area (Å²) in [7, 11) is 2.14. The third-order valence-electron chi connectivity index (χ3n) is 5.07. The Morgan fingerprint density at radius 1 is 1.06 bits per heavy atom. The van der Waals surface area contributed by atoms with Crippen LogP contribution < -0.4 is 5.32 Å². The van der Waals surface area contributed by atoms with Crippen LogP contribution in [0.3, 0.4) is 0 Å². The molecule has 0 aromatic rings. The van der Waals surface area contributed by atoms with Gasteiger partial charge >= 0.3 is 0 Å². The quantitative estimate of drug-likeness (QED) is 0.731. The minimum atomic E-state index is 0.817. The molecular formula is C15H28N2. The van der Waals surface area contributed by atoms with E-state index in [1.807, 2.05) is 0 Å². The summed E-state index contributed by atoms with van der Waals surface area (Å²) in [5.41, 5.74) is 0. The van der Waals surface area contributed by atoms with Crippen LogP contribution in [-0.4, -0.2) is 37.1 Å². The van der Waals surface area contributed by atoms with Crippen LogP contribution in [0.2, 0.25) is 0 Å². The fraction of sp³-hybridized carbons (Fsp3) is 1.00. The lowest BCUT2D eigenvalue weighted by Gasteiger charge is -2.26. The molecule has 0 bridgehead atoms. The molecule has 0 spiro atoms. The van der Waals surface area contributed by atoms with E-state index in [1.54, 1.807) is 0 Å². The van der Waals surface area contributed by atoms with Crippen LogP contribution >= 0.6 is 0 Å². The topological polar surface area (TPSA) is 15.3 Å². The lowest BCUT2D eigenvalue weighted by atomic mass is 9.99. The van der Waals surface area contributed by atoms with Gasteiger partial charge in [0, 0.05) is 18.6 Å². The normalized spacial score (nSPS) is 33.5. The van der Waals surface area contributed by atoms with Crippen molar-refractivity contribution < 1.29 is 0 Å². The number of nitrogens with one attached hydrogen (secondary N) is 1. The van der Waals surface area contributed by atoms with Crippen molar-refractivity contribution in [3.05, 3.63) is 0 Å². The Hall–Kier alpha value is -0.0800. The van der Waals surface area contributed by atoms with Crippen LogP contribution in [0.1, 0.15) is 51.4 Å². The molecule has 0 saturated heterocycles. The Morgan fingerprint density at radius 2 is 1.88 bits per heavy atom. The van der Waals surface area contributed by atoms with E-state index >= 15 is 0 Å². The van der Waals surface area contributed by atoms with E-state index in [1.165, 1.54) is 64.5 Å². The molecule has 2 heteroatoms. The molecule has 0 aromatic carbocycles. The second kappa shape index (κ2) is 5.27. The first-order valence-electron chi connectivity index (χ1n) is 7.78. The summed E-state index contributed by atoms with van der Waals surface area (Å²) in [5, 5.41) is 3.52. The molecule has 3 fully saturated rings. The van der Waals surface area contributed by atoms with Crippen molar-refractivity contribution in [2.45, 2.75) is 63.5 Å². The molecule has 0 aromatic heterocycles. The highest BCUT2D eigenvalue weighted by Gasteiger charge is 2.34. The monoisotopic (exact) mass is 236 g/mol. The van der Waals surface area contributed by atoms with E-state index < -0.39 is 0 Å². The zero-order chi connectivity index (χ0) is 11.7. The smallest absolute Gasteiger partial charge is 0.00965 e. The van der Waals surface area contributed by atoms with Gasteiger partial charge in [-0.1, -0.05) is 6.42 Å². The minimum Gasteiger partial charge on any atom is -0.317 e. The van der Waals surface area contributed by atoms with Crippen molar-refractivity contribution in [1.82, 2.24) is 10.2 Å². The van der Waals surface area contributed by atoms with E-state index in [-0.39, 0.29) is 0 Å². The molecule has 2 unspecified atom stereocenters. The van der Waals surface area contributed by atoms with Crippen LogP contribution in [0.5, 0.6) is 0 Å². The van der Waals surface area contributed by atoms with Gasteiger partial charge in [0.1, 0.15) is 0 Å². The maximum absolute atomic E-state index is 3.52. The van der Waals surface area contributed by atoms with Gasteiger partial charge in [-0.2, -0.15) is 0 Å². The summed E-state index contributed by atoms with van der Waals surface area (Å²) in [5.74, 6) is 2.03. The van der Waals surface area contributed by atoms with Gasteiger partial charge in [-0.25, -0.2) is 0 Å². The zero-order valence-electron chi connectivity index (χ0n) is 11.3. The average molecular weight is 236 g/mol. The van der Waals surface area contributed by atoms with Gasteiger partial charge < -0.3 is 10.2 Å². The highest BCUT2D eigenvalue weighted by molar-refractivity contribution is 4.90. The molecule has 0 aliphatic heterocycles. The largest absolute Gasteiger partial charge is 0.317 e. The average Bonchev–Trinajstić information content (AvgIpc) is 3.23. The summed E-state index contributed by atoms with van der Waals surface area (Å²) in [6.07, 6.45) is 11.7. The van der Waals surface area contributed by atoms with Crippen molar-refractivity contribution in [3.8, 4) is 0 Å². The summed E-state index contributed by atoms with van der Waals surface area (Å²) in [6, 6.07) is 1.79. The Morgan fingerprint density at radius 3 is 2.53 bits per heavy atom. The Bertz CT molecular complexity index is 245. The first kappa shape index (κ1) is 12.0. The summed E-state index contributed by atoms with van der Waals surface area (Å²) in [4.78, 5) is 2.82. The number of nitrogens with zero attached hydrogens (tertiary/aromatic N) is 1. The summed E-state index contributed by atoms with van der Waals surface area (Å²) >= 11 is 0. The molecule has 0 radical (unpaired) electrons. The van der Waals surface area contributed by atoms with Crippen LogP contribution in [0, 0.1) is 11.8 Å². The Balaban J connectivity index is 1.44. The Labute approximate surface area is 106 Å². The predicted octanol–water partition coefficient (Wildman–Crippen LogP) is 2.64. The predicted molar refractivity (Wildman–Crippen MR) is 72.1 cm³/mol. The number of hydrogen-bond donors (Lipinski definition) is 1. The van der Waals surface area contributed by atoms with Crippen LogP contribution in [0.25, 0.3) is 0 Å². The fourth-order valence-electron chi connectivity index (χ4n) is 3.59. The molecule has 1 N–H and O–H groups in total. The van der Waals surface area contributed by atoms with E-state index in [0.717, 1.165) is 23.9 Å². The third-order valence-corrected chi connectivity index (χ3v) is 5.07. The molecule has 3 aliphatic carbocycles. The van der Waals surface area contributed by atoms with E-state index in [4.69, 9.17) is 0 Å². The molecule has 3 saturated carbocycles. The first-order valence-corrected chi connectivity index (χ1v) is 7.78. The van der Waals surface area contributed by atoms with Crippen molar-refractivity contribution in [3.63, 3.8) is 0 Å². The molecule has 2 nitrogen and oxygen atoms in total. The summed E-state index contributed by atoms with van der Waals surface area (Å²) in [6.45, 7) is 2.80. The molecular weight excluding hydrogens is 208 g/mol. The first-order chi connectivity index (χ1) is 8.36. The fourth-order valence-corrected chi connectivity index (χ4v) is 3.59. The third kappa shape index (κ3) is 3.23.